The second-order valence-electron chi connectivity index (χ2n) is 6.21. The van der Waals surface area contributed by atoms with E-state index in [1.165, 1.54) is 12.8 Å². The minimum atomic E-state index is -0.478. The first kappa shape index (κ1) is 15.7. The SMILES string of the molecule is Cc1cccc(-n2cc(C(=O)NCC(O)C3CCCC3)nn2)c1. The second-order valence-corrected chi connectivity index (χ2v) is 6.21. The zero-order valence-corrected chi connectivity index (χ0v) is 13.3. The van der Waals surface area contributed by atoms with Crippen LogP contribution in [0.1, 0.15) is 41.7 Å². The summed E-state index contributed by atoms with van der Waals surface area (Å²) < 4.78 is 1.58. The Kier molecular flexibility index (Phi) is 4.71. The van der Waals surface area contributed by atoms with Crippen molar-refractivity contribution in [1.29, 1.82) is 0 Å². The highest BCUT2D eigenvalue weighted by molar-refractivity contribution is 5.91. The number of aryl methyl sites for hydroxylation is 1. The van der Waals surface area contributed by atoms with Crippen LogP contribution in [0.3, 0.4) is 0 Å². The van der Waals surface area contributed by atoms with Crippen molar-refractivity contribution >= 4 is 5.91 Å². The highest BCUT2D eigenvalue weighted by atomic mass is 16.3. The molecule has 3 rings (SSSR count). The van der Waals surface area contributed by atoms with Gasteiger partial charge in [0, 0.05) is 6.54 Å². The minimum Gasteiger partial charge on any atom is -0.391 e. The van der Waals surface area contributed by atoms with Crippen LogP contribution >= 0.6 is 0 Å². The van der Waals surface area contributed by atoms with Crippen LogP contribution < -0.4 is 5.32 Å². The maximum atomic E-state index is 12.1. The van der Waals surface area contributed by atoms with Crippen LogP contribution in [0.25, 0.3) is 5.69 Å². The lowest BCUT2D eigenvalue weighted by atomic mass is 10.0. The fourth-order valence-electron chi connectivity index (χ4n) is 3.06. The van der Waals surface area contributed by atoms with Gasteiger partial charge in [-0.3, -0.25) is 4.79 Å². The summed E-state index contributed by atoms with van der Waals surface area (Å²) in [6.45, 7) is 2.26. The van der Waals surface area contributed by atoms with E-state index in [9.17, 15) is 9.90 Å². The van der Waals surface area contributed by atoms with Crippen LogP contribution in [0.2, 0.25) is 0 Å². The van der Waals surface area contributed by atoms with Crippen LogP contribution in [0.5, 0.6) is 0 Å². The van der Waals surface area contributed by atoms with E-state index in [0.29, 0.717) is 5.92 Å². The van der Waals surface area contributed by atoms with Crippen molar-refractivity contribution in [3.8, 4) is 5.69 Å². The van der Waals surface area contributed by atoms with Crippen LogP contribution in [-0.2, 0) is 0 Å². The maximum Gasteiger partial charge on any atom is 0.273 e. The standard InChI is InChI=1S/C17H22N4O2/c1-12-5-4-8-14(9-12)21-11-15(19-20-21)17(23)18-10-16(22)13-6-2-3-7-13/h4-5,8-9,11,13,16,22H,2-3,6-7,10H2,1H3,(H,18,23). The lowest BCUT2D eigenvalue weighted by molar-refractivity contribution is 0.0836. The molecule has 1 aliphatic rings. The number of carbonyl (C=O) groups excluding carboxylic acids is 1. The Balaban J connectivity index is 1.60. The normalized spacial score (nSPS) is 16.4. The van der Waals surface area contributed by atoms with Gasteiger partial charge in [-0.1, -0.05) is 30.2 Å². The molecule has 1 saturated carbocycles. The third-order valence-electron chi connectivity index (χ3n) is 4.41. The fraction of sp³-hybridized carbons (Fsp3) is 0.471. The molecule has 1 aliphatic carbocycles. The van der Waals surface area contributed by atoms with E-state index in [2.05, 4.69) is 15.6 Å². The van der Waals surface area contributed by atoms with E-state index in [1.807, 2.05) is 31.2 Å². The average molecular weight is 314 g/mol. The Morgan fingerprint density at radius 3 is 2.96 bits per heavy atom. The Morgan fingerprint density at radius 2 is 2.22 bits per heavy atom. The summed E-state index contributed by atoms with van der Waals surface area (Å²) >= 11 is 0. The Hall–Kier alpha value is -2.21. The average Bonchev–Trinajstić information content (AvgIpc) is 3.23. The first-order valence-electron chi connectivity index (χ1n) is 8.09. The molecule has 1 unspecified atom stereocenters. The molecule has 1 aromatic heterocycles. The van der Waals surface area contributed by atoms with Crippen LogP contribution in [-0.4, -0.2) is 38.7 Å². The molecular weight excluding hydrogens is 292 g/mol. The zero-order valence-electron chi connectivity index (χ0n) is 13.3. The number of aliphatic hydroxyl groups is 1. The molecule has 2 N–H and O–H groups in total. The quantitative estimate of drug-likeness (QED) is 0.883. The summed E-state index contributed by atoms with van der Waals surface area (Å²) in [5, 5.41) is 20.8. The molecule has 1 atom stereocenters. The van der Waals surface area contributed by atoms with Crippen molar-refractivity contribution in [1.82, 2.24) is 20.3 Å². The molecule has 1 heterocycles. The van der Waals surface area contributed by atoms with Gasteiger partial charge in [0.1, 0.15) is 0 Å². The number of amides is 1. The summed E-state index contributed by atoms with van der Waals surface area (Å²) in [5.41, 5.74) is 2.23. The molecule has 0 spiro atoms. The summed E-state index contributed by atoms with van der Waals surface area (Å²) in [7, 11) is 0. The fourth-order valence-corrected chi connectivity index (χ4v) is 3.06. The first-order valence-corrected chi connectivity index (χ1v) is 8.09. The molecule has 0 bridgehead atoms. The number of nitrogens with zero attached hydrogens (tertiary/aromatic N) is 3. The molecule has 23 heavy (non-hydrogen) atoms. The predicted octanol–water partition coefficient (Wildman–Crippen LogP) is 1.86. The maximum absolute atomic E-state index is 12.1. The number of nitrogens with one attached hydrogen (secondary N) is 1. The summed E-state index contributed by atoms with van der Waals surface area (Å²) in [5.74, 6) is -0.000716. The van der Waals surface area contributed by atoms with Gasteiger partial charge in [0.2, 0.25) is 0 Å². The van der Waals surface area contributed by atoms with Gasteiger partial charge in [0.05, 0.1) is 18.0 Å². The van der Waals surface area contributed by atoms with Gasteiger partial charge in [-0.2, -0.15) is 0 Å². The third kappa shape index (κ3) is 3.76. The second kappa shape index (κ2) is 6.91. The smallest absolute Gasteiger partial charge is 0.273 e. The Bertz CT molecular complexity index is 677. The molecule has 1 aromatic carbocycles. The highest BCUT2D eigenvalue weighted by Crippen LogP contribution is 2.27. The van der Waals surface area contributed by atoms with Crippen molar-refractivity contribution in [2.45, 2.75) is 38.7 Å². The van der Waals surface area contributed by atoms with Gasteiger partial charge in [-0.25, -0.2) is 4.68 Å². The predicted molar refractivity (Wildman–Crippen MR) is 86.4 cm³/mol. The third-order valence-corrected chi connectivity index (χ3v) is 4.41. The van der Waals surface area contributed by atoms with Gasteiger partial charge in [0.15, 0.2) is 5.69 Å². The number of carbonyl (C=O) groups is 1. The van der Waals surface area contributed by atoms with E-state index in [-0.39, 0.29) is 18.1 Å². The number of benzene rings is 1. The minimum absolute atomic E-state index is 0.255. The number of aromatic nitrogens is 3. The molecule has 6 nitrogen and oxygen atoms in total. The van der Waals surface area contributed by atoms with Crippen LogP contribution in [0.15, 0.2) is 30.5 Å². The molecular formula is C17H22N4O2. The summed E-state index contributed by atoms with van der Waals surface area (Å²) in [6, 6.07) is 7.82. The van der Waals surface area contributed by atoms with E-state index in [0.717, 1.165) is 24.1 Å². The van der Waals surface area contributed by atoms with E-state index < -0.39 is 6.10 Å². The van der Waals surface area contributed by atoms with Crippen LogP contribution in [0.4, 0.5) is 0 Å². The van der Waals surface area contributed by atoms with Crippen LogP contribution in [0, 0.1) is 12.8 Å². The lowest BCUT2D eigenvalue weighted by Gasteiger charge is -2.17. The summed E-state index contributed by atoms with van der Waals surface area (Å²) in [4.78, 5) is 12.1. The van der Waals surface area contributed by atoms with Crippen molar-refractivity contribution in [3.63, 3.8) is 0 Å². The molecule has 2 aromatic rings. The van der Waals surface area contributed by atoms with E-state index >= 15 is 0 Å². The monoisotopic (exact) mass is 314 g/mol. The molecule has 1 fully saturated rings. The van der Waals surface area contributed by atoms with Gasteiger partial charge in [0.25, 0.3) is 5.91 Å². The number of hydrogen-bond acceptors (Lipinski definition) is 4. The van der Waals surface area contributed by atoms with Gasteiger partial charge >= 0.3 is 0 Å². The zero-order chi connectivity index (χ0) is 16.2. The summed E-state index contributed by atoms with van der Waals surface area (Å²) in [6.07, 6.45) is 5.54. The van der Waals surface area contributed by atoms with E-state index in [1.54, 1.807) is 10.9 Å². The van der Waals surface area contributed by atoms with Crippen molar-refractivity contribution in [2.24, 2.45) is 5.92 Å². The van der Waals surface area contributed by atoms with E-state index in [4.69, 9.17) is 0 Å². The molecule has 122 valence electrons. The first-order chi connectivity index (χ1) is 11.1. The molecule has 0 radical (unpaired) electrons. The Morgan fingerprint density at radius 1 is 1.43 bits per heavy atom. The Labute approximate surface area is 135 Å². The topological polar surface area (TPSA) is 80.0 Å². The lowest BCUT2D eigenvalue weighted by Crippen LogP contribution is -2.35. The van der Waals surface area contributed by atoms with Gasteiger partial charge in [-0.05, 0) is 43.4 Å². The van der Waals surface area contributed by atoms with Gasteiger partial charge in [-0.15, -0.1) is 5.10 Å². The van der Waals surface area contributed by atoms with Crippen molar-refractivity contribution in [3.05, 3.63) is 41.7 Å². The van der Waals surface area contributed by atoms with Gasteiger partial charge < -0.3 is 10.4 Å². The van der Waals surface area contributed by atoms with Crippen molar-refractivity contribution in [2.75, 3.05) is 6.54 Å². The highest BCUT2D eigenvalue weighted by Gasteiger charge is 2.23. The van der Waals surface area contributed by atoms with Crippen molar-refractivity contribution < 1.29 is 9.90 Å². The molecule has 0 saturated heterocycles. The molecule has 6 heteroatoms. The number of aliphatic hydroxyl groups excluding tert-OH is 1. The number of rotatable bonds is 5. The number of hydrogen-bond donors (Lipinski definition) is 2. The molecule has 0 aliphatic heterocycles. The molecule has 1 amide bonds. The largest absolute Gasteiger partial charge is 0.391 e.